The molecule has 0 aliphatic carbocycles. The lowest BCUT2D eigenvalue weighted by atomic mass is 9.84. The van der Waals surface area contributed by atoms with Crippen molar-refractivity contribution in [2.75, 3.05) is 0 Å². The second kappa shape index (κ2) is 7.92. The van der Waals surface area contributed by atoms with Gasteiger partial charge in [-0.2, -0.15) is 0 Å². The SMILES string of the molecule is CC(C)=CCCC(C)=CCC[C@@]1(C)Oc2c(c(O)cc3c(O)[nH]cc23)C[C@H]1O. The lowest BCUT2D eigenvalue weighted by Gasteiger charge is -2.40. The molecule has 28 heavy (non-hydrogen) atoms. The van der Waals surface area contributed by atoms with E-state index < -0.39 is 11.7 Å². The van der Waals surface area contributed by atoms with Gasteiger partial charge in [-0.3, -0.25) is 0 Å². The molecule has 0 saturated heterocycles. The summed E-state index contributed by atoms with van der Waals surface area (Å²) >= 11 is 0. The van der Waals surface area contributed by atoms with Gasteiger partial charge in [0.2, 0.25) is 0 Å². The summed E-state index contributed by atoms with van der Waals surface area (Å²) in [4.78, 5) is 2.77. The van der Waals surface area contributed by atoms with Crippen LogP contribution in [0.2, 0.25) is 0 Å². The van der Waals surface area contributed by atoms with Gasteiger partial charge in [-0.15, -0.1) is 0 Å². The topological polar surface area (TPSA) is 85.7 Å². The van der Waals surface area contributed by atoms with E-state index in [-0.39, 0.29) is 11.6 Å². The van der Waals surface area contributed by atoms with Crippen LogP contribution in [0.4, 0.5) is 0 Å². The Balaban J connectivity index is 1.76. The van der Waals surface area contributed by atoms with E-state index in [4.69, 9.17) is 4.74 Å². The number of phenolic OH excluding ortho intramolecular Hbond substituents is 1. The summed E-state index contributed by atoms with van der Waals surface area (Å²) in [5.74, 6) is 0.580. The van der Waals surface area contributed by atoms with Crippen molar-refractivity contribution in [1.29, 1.82) is 0 Å². The summed E-state index contributed by atoms with van der Waals surface area (Å²) < 4.78 is 6.25. The molecule has 0 spiro atoms. The van der Waals surface area contributed by atoms with E-state index in [2.05, 4.69) is 37.9 Å². The Hall–Kier alpha value is -2.40. The molecular formula is C23H31NO4. The quantitative estimate of drug-likeness (QED) is 0.521. The van der Waals surface area contributed by atoms with Crippen LogP contribution in [0.3, 0.4) is 0 Å². The number of fused-ring (bicyclic) bond motifs is 3. The van der Waals surface area contributed by atoms with E-state index in [0.717, 1.165) is 24.6 Å². The van der Waals surface area contributed by atoms with Crippen LogP contribution in [0.15, 0.2) is 35.6 Å². The summed E-state index contributed by atoms with van der Waals surface area (Å²) in [7, 11) is 0. The van der Waals surface area contributed by atoms with Crippen LogP contribution in [-0.4, -0.2) is 32.0 Å². The zero-order valence-electron chi connectivity index (χ0n) is 17.2. The molecule has 2 atom stereocenters. The molecule has 0 fully saturated rings. The molecule has 3 rings (SSSR count). The molecule has 1 aromatic carbocycles. The number of aliphatic hydroxyl groups is 1. The molecule has 0 radical (unpaired) electrons. The fourth-order valence-electron chi connectivity index (χ4n) is 3.80. The Morgan fingerprint density at radius 3 is 2.68 bits per heavy atom. The predicted molar refractivity (Wildman–Crippen MR) is 112 cm³/mol. The van der Waals surface area contributed by atoms with Gasteiger partial charge in [0, 0.05) is 23.6 Å². The average molecular weight is 386 g/mol. The van der Waals surface area contributed by atoms with Crippen LogP contribution in [0.1, 0.15) is 58.9 Å². The number of nitrogens with one attached hydrogen (secondary N) is 1. The first-order valence-corrected chi connectivity index (χ1v) is 9.92. The van der Waals surface area contributed by atoms with Gasteiger partial charge in [-0.25, -0.2) is 0 Å². The third-order valence-corrected chi connectivity index (χ3v) is 5.67. The van der Waals surface area contributed by atoms with Crippen LogP contribution in [0, 0.1) is 0 Å². The Labute approximate surface area is 166 Å². The molecule has 2 aromatic rings. The number of benzene rings is 1. The highest BCUT2D eigenvalue weighted by molar-refractivity contribution is 5.95. The van der Waals surface area contributed by atoms with E-state index in [1.807, 2.05) is 6.92 Å². The van der Waals surface area contributed by atoms with E-state index >= 15 is 0 Å². The van der Waals surface area contributed by atoms with Gasteiger partial charge < -0.3 is 25.0 Å². The number of H-pyrrole nitrogens is 1. The standard InChI is InChI=1S/C23H31NO4/c1-14(2)7-5-8-15(3)9-6-10-23(4)20(26)12-17-19(25)11-16-18(21(17)28-23)13-24-22(16)27/h7,9,11,13,20,24-27H,5-6,8,10,12H2,1-4H3/t20-,23-/m1/s1. The Bertz CT molecular complexity index is 920. The first-order chi connectivity index (χ1) is 13.2. The number of hydrogen-bond acceptors (Lipinski definition) is 4. The number of aromatic amines is 1. The fraction of sp³-hybridized carbons (Fsp3) is 0.478. The smallest absolute Gasteiger partial charge is 0.196 e. The monoisotopic (exact) mass is 385 g/mol. The zero-order chi connectivity index (χ0) is 20.5. The molecule has 5 nitrogen and oxygen atoms in total. The van der Waals surface area contributed by atoms with Crippen molar-refractivity contribution in [3.05, 3.63) is 41.1 Å². The summed E-state index contributed by atoms with van der Waals surface area (Å²) in [5.41, 5.74) is 2.51. The lowest BCUT2D eigenvalue weighted by molar-refractivity contribution is -0.0581. The van der Waals surface area contributed by atoms with Crippen molar-refractivity contribution in [2.45, 2.75) is 71.5 Å². The number of hydrogen-bond donors (Lipinski definition) is 4. The normalized spacial score (nSPS) is 22.0. The third kappa shape index (κ3) is 4.04. The molecule has 0 saturated carbocycles. The molecule has 2 heterocycles. The van der Waals surface area contributed by atoms with E-state index in [1.165, 1.54) is 17.2 Å². The van der Waals surface area contributed by atoms with Crippen LogP contribution >= 0.6 is 0 Å². The second-order valence-corrected chi connectivity index (χ2v) is 8.35. The molecule has 0 amide bonds. The molecule has 1 aliphatic rings. The van der Waals surface area contributed by atoms with E-state index in [0.29, 0.717) is 29.5 Å². The Kier molecular flexibility index (Phi) is 5.75. The molecule has 1 aromatic heterocycles. The minimum atomic E-state index is -0.753. The highest BCUT2D eigenvalue weighted by atomic mass is 16.5. The predicted octanol–water partition coefficient (Wildman–Crippen LogP) is 5.11. The summed E-state index contributed by atoms with van der Waals surface area (Å²) in [6, 6.07) is 1.51. The van der Waals surface area contributed by atoms with Crippen LogP contribution < -0.4 is 4.74 Å². The summed E-state index contributed by atoms with van der Waals surface area (Å²) in [6.45, 7) is 8.27. The third-order valence-electron chi connectivity index (χ3n) is 5.67. The molecular weight excluding hydrogens is 354 g/mol. The number of ether oxygens (including phenoxy) is 1. The first kappa shape index (κ1) is 20.3. The van der Waals surface area contributed by atoms with Gasteiger partial charge in [0.1, 0.15) is 17.1 Å². The van der Waals surface area contributed by atoms with Gasteiger partial charge in [0.15, 0.2) is 5.88 Å². The molecule has 5 heteroatoms. The molecule has 1 aliphatic heterocycles. The minimum absolute atomic E-state index is 0.000510. The maximum absolute atomic E-state index is 10.7. The first-order valence-electron chi connectivity index (χ1n) is 9.92. The average Bonchev–Trinajstić information content (AvgIpc) is 2.97. The Morgan fingerprint density at radius 1 is 1.21 bits per heavy atom. The number of aliphatic hydroxyl groups excluding tert-OH is 1. The summed E-state index contributed by atoms with van der Waals surface area (Å²) in [5, 5.41) is 32.2. The number of phenols is 1. The number of aromatic hydroxyl groups is 2. The van der Waals surface area contributed by atoms with Gasteiger partial charge in [0.05, 0.1) is 11.5 Å². The number of allylic oxidation sites excluding steroid dienone is 4. The number of rotatable bonds is 6. The fourth-order valence-corrected chi connectivity index (χ4v) is 3.80. The van der Waals surface area contributed by atoms with E-state index in [1.54, 1.807) is 6.20 Å². The van der Waals surface area contributed by atoms with Crippen LogP contribution in [-0.2, 0) is 6.42 Å². The zero-order valence-corrected chi connectivity index (χ0v) is 17.2. The highest BCUT2D eigenvalue weighted by Crippen LogP contribution is 2.46. The van der Waals surface area contributed by atoms with Crippen molar-refractivity contribution in [3.63, 3.8) is 0 Å². The van der Waals surface area contributed by atoms with Gasteiger partial charge in [-0.1, -0.05) is 23.3 Å². The van der Waals surface area contributed by atoms with Gasteiger partial charge in [0.25, 0.3) is 0 Å². The summed E-state index contributed by atoms with van der Waals surface area (Å²) in [6.07, 6.45) is 9.30. The maximum Gasteiger partial charge on any atom is 0.196 e. The van der Waals surface area contributed by atoms with Crippen LogP contribution in [0.25, 0.3) is 10.8 Å². The van der Waals surface area contributed by atoms with Gasteiger partial charge in [-0.05, 0) is 59.4 Å². The van der Waals surface area contributed by atoms with Crippen molar-refractivity contribution in [1.82, 2.24) is 4.98 Å². The largest absolute Gasteiger partial charge is 0.508 e. The second-order valence-electron chi connectivity index (χ2n) is 8.35. The van der Waals surface area contributed by atoms with Crippen molar-refractivity contribution < 1.29 is 20.1 Å². The van der Waals surface area contributed by atoms with Gasteiger partial charge >= 0.3 is 0 Å². The van der Waals surface area contributed by atoms with Crippen LogP contribution in [0.5, 0.6) is 17.4 Å². The highest BCUT2D eigenvalue weighted by Gasteiger charge is 2.41. The lowest BCUT2D eigenvalue weighted by Crippen LogP contribution is -2.48. The minimum Gasteiger partial charge on any atom is -0.508 e. The van der Waals surface area contributed by atoms with Crippen molar-refractivity contribution in [3.8, 4) is 17.4 Å². The number of aromatic nitrogens is 1. The maximum atomic E-state index is 10.7. The molecule has 0 unspecified atom stereocenters. The van der Waals surface area contributed by atoms with Crippen molar-refractivity contribution in [2.24, 2.45) is 0 Å². The Morgan fingerprint density at radius 2 is 1.96 bits per heavy atom. The molecule has 4 N–H and O–H groups in total. The molecule has 152 valence electrons. The van der Waals surface area contributed by atoms with E-state index in [9.17, 15) is 15.3 Å². The van der Waals surface area contributed by atoms with Crippen molar-refractivity contribution >= 4 is 10.8 Å². The molecule has 0 bridgehead atoms.